The molecular formula is C34H44N2O7. The average molecular weight is 593 g/mol. The molecule has 1 fully saturated rings. The van der Waals surface area contributed by atoms with E-state index >= 15 is 0 Å². The summed E-state index contributed by atoms with van der Waals surface area (Å²) >= 11 is 0. The molecule has 1 N–H and O–H groups in total. The number of ether oxygens (including phenoxy) is 5. The van der Waals surface area contributed by atoms with Gasteiger partial charge in [-0.25, -0.2) is 4.79 Å². The summed E-state index contributed by atoms with van der Waals surface area (Å²) in [7, 11) is 6.24. The van der Waals surface area contributed by atoms with E-state index in [4.69, 9.17) is 23.7 Å². The number of esters is 2. The minimum absolute atomic E-state index is 0.0258. The van der Waals surface area contributed by atoms with Gasteiger partial charge in [0.1, 0.15) is 23.7 Å². The number of nitrogens with zero attached hydrogens (tertiary/aromatic N) is 1. The first kappa shape index (κ1) is 30.9. The molecule has 0 unspecified atom stereocenters. The highest BCUT2D eigenvalue weighted by atomic mass is 16.6. The summed E-state index contributed by atoms with van der Waals surface area (Å²) in [5.41, 5.74) is 7.49. The second-order valence-corrected chi connectivity index (χ2v) is 12.0. The topological polar surface area (TPSA) is 95.6 Å². The van der Waals surface area contributed by atoms with Gasteiger partial charge in [-0.15, -0.1) is 0 Å². The Kier molecular flexibility index (Phi) is 9.32. The monoisotopic (exact) mass is 592 g/mol. The van der Waals surface area contributed by atoms with Gasteiger partial charge in [0.15, 0.2) is 0 Å². The molecule has 2 aromatic rings. The van der Waals surface area contributed by atoms with Crippen LogP contribution in [0.5, 0.6) is 11.5 Å². The van der Waals surface area contributed by atoms with E-state index in [-0.39, 0.29) is 17.8 Å². The number of anilines is 1. The van der Waals surface area contributed by atoms with Gasteiger partial charge in [-0.05, 0) is 85.1 Å². The van der Waals surface area contributed by atoms with E-state index in [1.165, 1.54) is 23.8 Å². The third-order valence-corrected chi connectivity index (χ3v) is 9.70. The predicted octanol–water partition coefficient (Wildman–Crippen LogP) is 4.89. The fourth-order valence-corrected chi connectivity index (χ4v) is 7.10. The largest absolute Gasteiger partial charge is 0.497 e. The van der Waals surface area contributed by atoms with Crippen molar-refractivity contribution in [3.05, 3.63) is 58.2 Å². The predicted molar refractivity (Wildman–Crippen MR) is 165 cm³/mol. The summed E-state index contributed by atoms with van der Waals surface area (Å²) in [6.07, 6.45) is 0.325. The number of carbonyl (C=O) groups is 2. The summed E-state index contributed by atoms with van der Waals surface area (Å²) in [6.45, 7) is 9.32. The second-order valence-electron chi connectivity index (χ2n) is 12.0. The Morgan fingerprint density at radius 3 is 2.53 bits per heavy atom. The first-order valence-corrected chi connectivity index (χ1v) is 15.0. The zero-order valence-corrected chi connectivity index (χ0v) is 26.3. The van der Waals surface area contributed by atoms with Crippen LogP contribution in [-0.4, -0.2) is 83.7 Å². The van der Waals surface area contributed by atoms with Crippen molar-refractivity contribution in [3.63, 3.8) is 0 Å². The molecule has 2 heterocycles. The average Bonchev–Trinajstić information content (AvgIpc) is 3.02. The van der Waals surface area contributed by atoms with Crippen LogP contribution in [0.25, 0.3) is 5.57 Å². The number of rotatable bonds is 8. The summed E-state index contributed by atoms with van der Waals surface area (Å²) < 4.78 is 28.1. The van der Waals surface area contributed by atoms with E-state index in [9.17, 15) is 9.59 Å². The van der Waals surface area contributed by atoms with Crippen molar-refractivity contribution in [1.29, 1.82) is 0 Å². The lowest BCUT2D eigenvalue weighted by Crippen LogP contribution is -2.54. The van der Waals surface area contributed by atoms with Crippen molar-refractivity contribution < 1.29 is 33.3 Å². The number of fused-ring (bicyclic) bond motifs is 2. The maximum atomic E-state index is 13.4. The number of carbonyl (C=O) groups excluding carboxylic acids is 2. The van der Waals surface area contributed by atoms with E-state index < -0.39 is 24.1 Å². The molecule has 232 valence electrons. The molecule has 9 nitrogen and oxygen atoms in total. The van der Waals surface area contributed by atoms with Crippen LogP contribution in [0.1, 0.15) is 46.8 Å². The summed E-state index contributed by atoms with van der Waals surface area (Å²) in [6, 6.07) is 9.74. The summed E-state index contributed by atoms with van der Waals surface area (Å²) in [5, 5.41) is 3.56. The normalized spacial score (nSPS) is 25.2. The van der Waals surface area contributed by atoms with Crippen LogP contribution >= 0.6 is 0 Å². The molecule has 0 radical (unpaired) electrons. The van der Waals surface area contributed by atoms with Gasteiger partial charge in [0.05, 0.1) is 32.8 Å². The fourth-order valence-electron chi connectivity index (χ4n) is 7.10. The summed E-state index contributed by atoms with van der Waals surface area (Å²) in [4.78, 5) is 29.0. The highest BCUT2D eigenvalue weighted by Gasteiger charge is 2.49. The van der Waals surface area contributed by atoms with Crippen molar-refractivity contribution >= 4 is 23.2 Å². The van der Waals surface area contributed by atoms with Crippen LogP contribution in [-0.2, 0) is 19.0 Å². The van der Waals surface area contributed by atoms with Gasteiger partial charge in [-0.3, -0.25) is 9.69 Å². The lowest BCUT2D eigenvalue weighted by molar-refractivity contribution is -0.169. The van der Waals surface area contributed by atoms with E-state index in [2.05, 4.69) is 29.3 Å². The fraction of sp³-hybridized carbons (Fsp3) is 0.529. The minimum Gasteiger partial charge on any atom is -0.497 e. The van der Waals surface area contributed by atoms with Gasteiger partial charge in [0.25, 0.3) is 0 Å². The van der Waals surface area contributed by atoms with Crippen molar-refractivity contribution in [3.8, 4) is 11.5 Å². The smallest absolute Gasteiger partial charge is 0.338 e. The molecule has 0 amide bonds. The third kappa shape index (κ3) is 6.10. The van der Waals surface area contributed by atoms with Crippen LogP contribution < -0.4 is 14.8 Å². The van der Waals surface area contributed by atoms with Gasteiger partial charge < -0.3 is 29.0 Å². The van der Waals surface area contributed by atoms with E-state index in [1.54, 1.807) is 27.4 Å². The number of aryl methyl sites for hydroxylation is 1. The Hall–Kier alpha value is -3.56. The molecule has 0 spiro atoms. The van der Waals surface area contributed by atoms with Gasteiger partial charge in [-0.2, -0.15) is 0 Å². The van der Waals surface area contributed by atoms with Crippen LogP contribution in [0, 0.1) is 31.6 Å². The van der Waals surface area contributed by atoms with Crippen molar-refractivity contribution in [2.45, 2.75) is 45.8 Å². The van der Waals surface area contributed by atoms with Crippen molar-refractivity contribution in [1.82, 2.24) is 4.90 Å². The molecule has 1 aliphatic carbocycles. The number of methoxy groups -OCH3 is 4. The molecule has 2 aromatic carbocycles. The Bertz CT molecular complexity index is 1400. The lowest BCUT2D eigenvalue weighted by atomic mass is 9.69. The molecule has 5 rings (SSSR count). The molecule has 0 saturated heterocycles. The number of hydrogen-bond donors (Lipinski definition) is 1. The minimum atomic E-state index is -0.609. The van der Waals surface area contributed by atoms with Gasteiger partial charge >= 0.3 is 11.9 Å². The molecule has 5 atom stereocenters. The Morgan fingerprint density at radius 2 is 1.84 bits per heavy atom. The molecule has 0 aromatic heterocycles. The molecule has 2 aliphatic heterocycles. The molecule has 9 heteroatoms. The van der Waals surface area contributed by atoms with Gasteiger partial charge in [-0.1, -0.05) is 6.92 Å². The number of benzene rings is 2. The van der Waals surface area contributed by atoms with Gasteiger partial charge in [0, 0.05) is 50.6 Å². The third-order valence-electron chi connectivity index (χ3n) is 9.70. The quantitative estimate of drug-likeness (QED) is 0.430. The van der Waals surface area contributed by atoms with E-state index in [1.807, 2.05) is 26.0 Å². The maximum absolute atomic E-state index is 13.4. The Labute approximate surface area is 254 Å². The van der Waals surface area contributed by atoms with Crippen LogP contribution in [0.2, 0.25) is 0 Å². The van der Waals surface area contributed by atoms with E-state index in [0.29, 0.717) is 17.7 Å². The van der Waals surface area contributed by atoms with Crippen LogP contribution in [0.15, 0.2) is 35.9 Å². The van der Waals surface area contributed by atoms with E-state index in [0.717, 1.165) is 55.2 Å². The lowest BCUT2D eigenvalue weighted by Gasteiger charge is -2.45. The Balaban J connectivity index is 1.35. The molecule has 43 heavy (non-hydrogen) atoms. The second kappa shape index (κ2) is 13.0. The Morgan fingerprint density at radius 1 is 1.05 bits per heavy atom. The van der Waals surface area contributed by atoms with Gasteiger partial charge in [0.2, 0.25) is 0 Å². The first-order chi connectivity index (χ1) is 20.7. The zero-order chi connectivity index (χ0) is 30.8. The molecule has 3 aliphatic rings. The number of hydrogen-bond acceptors (Lipinski definition) is 9. The SMILES string of the molecule is COC(=O)[C@H]1[C@@H](C)[C@@H](CN2CCC3=C(CNc4cc(OC)ccc43)C2)C[C@@H](OC(=O)c2cc(C)c(C)c(OC)c2)[C@@H]1OC. The maximum Gasteiger partial charge on any atom is 0.338 e. The highest BCUT2D eigenvalue weighted by Crippen LogP contribution is 2.42. The zero-order valence-electron chi connectivity index (χ0n) is 26.3. The van der Waals surface area contributed by atoms with Crippen LogP contribution in [0.4, 0.5) is 5.69 Å². The highest BCUT2D eigenvalue weighted by molar-refractivity contribution is 5.90. The molecular weight excluding hydrogens is 548 g/mol. The van der Waals surface area contributed by atoms with Crippen LogP contribution in [0.3, 0.4) is 0 Å². The molecule has 1 saturated carbocycles. The first-order valence-electron chi connectivity index (χ1n) is 15.0. The standard InChI is InChI=1S/C34H44N2O7/c1-19-12-22(13-29(40-5)20(19)2)33(37)43-30-14-23(21(3)31(32(30)41-6)34(38)42-7)17-36-11-10-26-24(18-36)16-35-28-15-25(39-4)8-9-27(26)28/h8-9,12-13,15,21,23,30-32,35H,10-11,14,16-18H2,1-7H3/t21-,23+,30+,31-,32-/m0/s1. The summed E-state index contributed by atoms with van der Waals surface area (Å²) in [5.74, 6) is 0.196. The molecule has 0 bridgehead atoms. The van der Waals surface area contributed by atoms with Crippen molar-refractivity contribution in [2.24, 2.45) is 17.8 Å². The number of nitrogens with one attached hydrogen (secondary N) is 1. The van der Waals surface area contributed by atoms with Crippen molar-refractivity contribution in [2.75, 3.05) is 59.9 Å².